The lowest BCUT2D eigenvalue weighted by Crippen LogP contribution is -2.64. The molecule has 0 spiro atoms. The molecule has 5 heteroatoms. The van der Waals surface area contributed by atoms with Crippen LogP contribution in [0.15, 0.2) is 23.0 Å². The average Bonchev–Trinajstić information content (AvgIpc) is 3.50. The molecule has 28 heavy (non-hydrogen) atoms. The van der Waals surface area contributed by atoms with Crippen molar-refractivity contribution in [3.63, 3.8) is 0 Å². The molecule has 3 saturated carbocycles. The quantitative estimate of drug-likeness (QED) is 0.773. The van der Waals surface area contributed by atoms with Crippen molar-refractivity contribution < 1.29 is 19.7 Å². The number of aliphatic hydroxyl groups is 2. The summed E-state index contributed by atoms with van der Waals surface area (Å²) in [5.41, 5.74) is 1.59. The fourth-order valence-corrected chi connectivity index (χ4v) is 6.74. The number of hydrogen-bond acceptors (Lipinski definition) is 5. The van der Waals surface area contributed by atoms with Crippen LogP contribution in [0.25, 0.3) is 0 Å². The highest BCUT2D eigenvalue weighted by atomic mass is 16.5. The van der Waals surface area contributed by atoms with Gasteiger partial charge >= 0.3 is 0 Å². The number of nitrogens with zero attached hydrogens (tertiary/aromatic N) is 1. The third-order valence-electron chi connectivity index (χ3n) is 8.64. The molecule has 1 saturated heterocycles. The standard InChI is InChI=1S/C23H35NO4/c1-22(28-3)7-6-15-10-17-16-11-19(27-2)18(25)12-23(16,20(15)21(22)26)8-9-24(17)13-14-4-5-14/h6,14,16-19,25-26H,4-5,7-13H2,1-3H3. The van der Waals surface area contributed by atoms with Crippen LogP contribution in [0.3, 0.4) is 0 Å². The number of likely N-dealkylation sites (tertiary alicyclic amines) is 1. The molecule has 156 valence electrons. The number of fused-ring (bicyclic) bond motifs is 1. The normalized spacial score (nSPS) is 46.1. The summed E-state index contributed by atoms with van der Waals surface area (Å²) in [6.07, 6.45) is 8.75. The molecule has 1 heterocycles. The molecule has 6 unspecified atom stereocenters. The Kier molecular flexibility index (Phi) is 4.48. The van der Waals surface area contributed by atoms with Crippen LogP contribution in [0.1, 0.15) is 51.9 Å². The first-order chi connectivity index (χ1) is 13.4. The van der Waals surface area contributed by atoms with E-state index < -0.39 is 11.7 Å². The Morgan fingerprint density at radius 3 is 2.75 bits per heavy atom. The van der Waals surface area contributed by atoms with Crippen LogP contribution in [0.2, 0.25) is 0 Å². The second-order valence-corrected chi connectivity index (χ2v) is 10.1. The zero-order valence-corrected chi connectivity index (χ0v) is 17.5. The van der Waals surface area contributed by atoms with Crippen molar-refractivity contribution in [1.82, 2.24) is 4.90 Å². The summed E-state index contributed by atoms with van der Waals surface area (Å²) < 4.78 is 11.4. The van der Waals surface area contributed by atoms with Crippen LogP contribution in [0.4, 0.5) is 0 Å². The Bertz CT molecular complexity index is 713. The molecular formula is C23H35NO4. The van der Waals surface area contributed by atoms with Gasteiger partial charge in [-0.2, -0.15) is 0 Å². The van der Waals surface area contributed by atoms with E-state index >= 15 is 0 Å². The van der Waals surface area contributed by atoms with Crippen molar-refractivity contribution >= 4 is 0 Å². The first-order valence-corrected chi connectivity index (χ1v) is 11.1. The summed E-state index contributed by atoms with van der Waals surface area (Å²) in [5.74, 6) is 1.71. The Morgan fingerprint density at radius 1 is 1.29 bits per heavy atom. The molecular weight excluding hydrogens is 354 g/mol. The van der Waals surface area contributed by atoms with E-state index in [-0.39, 0.29) is 11.5 Å². The van der Waals surface area contributed by atoms with Gasteiger partial charge in [0.05, 0.1) is 12.2 Å². The van der Waals surface area contributed by atoms with Crippen LogP contribution < -0.4 is 0 Å². The lowest BCUT2D eigenvalue weighted by Gasteiger charge is -2.62. The molecule has 5 aliphatic rings. The van der Waals surface area contributed by atoms with E-state index in [0.29, 0.717) is 30.6 Å². The van der Waals surface area contributed by atoms with Gasteiger partial charge < -0.3 is 19.7 Å². The lowest BCUT2D eigenvalue weighted by molar-refractivity contribution is -0.137. The van der Waals surface area contributed by atoms with Gasteiger partial charge in [-0.3, -0.25) is 4.90 Å². The van der Waals surface area contributed by atoms with Gasteiger partial charge in [0.25, 0.3) is 0 Å². The summed E-state index contributed by atoms with van der Waals surface area (Å²) in [6.45, 7) is 4.27. The first-order valence-electron chi connectivity index (χ1n) is 11.1. The third kappa shape index (κ3) is 2.66. The maximum atomic E-state index is 11.4. The summed E-state index contributed by atoms with van der Waals surface area (Å²) in [7, 11) is 3.41. The highest BCUT2D eigenvalue weighted by Gasteiger charge is 2.61. The van der Waals surface area contributed by atoms with Crippen LogP contribution >= 0.6 is 0 Å². The third-order valence-corrected chi connectivity index (χ3v) is 8.64. The predicted octanol–water partition coefficient (Wildman–Crippen LogP) is 3.19. The molecule has 0 aromatic carbocycles. The van der Waals surface area contributed by atoms with Crippen molar-refractivity contribution in [3.8, 4) is 0 Å². The molecule has 0 aromatic heterocycles. The predicted molar refractivity (Wildman–Crippen MR) is 107 cm³/mol. The number of methoxy groups -OCH3 is 2. The number of aliphatic hydroxyl groups excluding tert-OH is 2. The molecule has 6 atom stereocenters. The Morgan fingerprint density at radius 2 is 2.07 bits per heavy atom. The van der Waals surface area contributed by atoms with Gasteiger partial charge in [0.15, 0.2) is 0 Å². The summed E-state index contributed by atoms with van der Waals surface area (Å²) in [5, 5.41) is 22.3. The zero-order valence-electron chi connectivity index (χ0n) is 17.5. The summed E-state index contributed by atoms with van der Waals surface area (Å²) in [6, 6.07) is 0.495. The molecule has 5 rings (SSSR count). The maximum absolute atomic E-state index is 11.4. The molecule has 2 N–H and O–H groups in total. The largest absolute Gasteiger partial charge is 0.509 e. The van der Waals surface area contributed by atoms with E-state index in [2.05, 4.69) is 11.0 Å². The van der Waals surface area contributed by atoms with Crippen molar-refractivity contribution in [2.45, 2.75) is 75.7 Å². The highest BCUT2D eigenvalue weighted by molar-refractivity contribution is 5.49. The van der Waals surface area contributed by atoms with Gasteiger partial charge in [0, 0.05) is 44.2 Å². The van der Waals surface area contributed by atoms with Crippen molar-refractivity contribution in [2.75, 3.05) is 27.3 Å². The minimum absolute atomic E-state index is 0.104. The smallest absolute Gasteiger partial charge is 0.128 e. The van der Waals surface area contributed by atoms with E-state index in [1.54, 1.807) is 14.2 Å². The van der Waals surface area contributed by atoms with Crippen LogP contribution in [-0.4, -0.2) is 66.3 Å². The molecule has 2 bridgehead atoms. The van der Waals surface area contributed by atoms with E-state index in [9.17, 15) is 10.2 Å². The lowest BCUT2D eigenvalue weighted by atomic mass is 9.48. The zero-order chi connectivity index (χ0) is 19.7. The number of piperidine rings is 1. The SMILES string of the molecule is COC1CC2C3CC4=CCC(C)(OC)C(O)=C4C2(CCN3CC2CC2)CC1O. The van der Waals surface area contributed by atoms with Crippen LogP contribution in [0, 0.1) is 17.3 Å². The Hall–Kier alpha value is -0.880. The number of ether oxygens (including phenoxy) is 2. The fourth-order valence-electron chi connectivity index (χ4n) is 6.74. The summed E-state index contributed by atoms with van der Waals surface area (Å²) in [4.78, 5) is 2.73. The number of rotatable bonds is 4. The molecule has 4 aliphatic carbocycles. The number of hydrogen-bond donors (Lipinski definition) is 2. The topological polar surface area (TPSA) is 62.2 Å². The minimum Gasteiger partial charge on any atom is -0.509 e. The minimum atomic E-state index is -0.654. The second kappa shape index (κ2) is 6.56. The first kappa shape index (κ1) is 19.1. The highest BCUT2D eigenvalue weighted by Crippen LogP contribution is 2.63. The van der Waals surface area contributed by atoms with Crippen molar-refractivity contribution in [1.29, 1.82) is 0 Å². The fraction of sp³-hybridized carbons (Fsp3) is 0.826. The second-order valence-electron chi connectivity index (χ2n) is 10.1. The molecule has 5 nitrogen and oxygen atoms in total. The molecule has 0 radical (unpaired) electrons. The van der Waals surface area contributed by atoms with Gasteiger partial charge in [-0.15, -0.1) is 0 Å². The Balaban J connectivity index is 1.59. The molecule has 4 fully saturated rings. The molecule has 0 amide bonds. The Labute approximate surface area is 168 Å². The van der Waals surface area contributed by atoms with E-state index in [1.807, 2.05) is 6.92 Å². The van der Waals surface area contributed by atoms with Crippen LogP contribution in [0.5, 0.6) is 0 Å². The van der Waals surface area contributed by atoms with E-state index in [4.69, 9.17) is 9.47 Å². The number of allylic oxidation sites excluding steroid dienone is 1. The van der Waals surface area contributed by atoms with Gasteiger partial charge in [0.2, 0.25) is 0 Å². The molecule has 0 aromatic rings. The maximum Gasteiger partial charge on any atom is 0.128 e. The van der Waals surface area contributed by atoms with Gasteiger partial charge in [0.1, 0.15) is 11.4 Å². The van der Waals surface area contributed by atoms with Gasteiger partial charge in [-0.1, -0.05) is 6.08 Å². The van der Waals surface area contributed by atoms with Crippen LogP contribution in [-0.2, 0) is 9.47 Å². The monoisotopic (exact) mass is 389 g/mol. The summed E-state index contributed by atoms with van der Waals surface area (Å²) >= 11 is 0. The van der Waals surface area contributed by atoms with E-state index in [0.717, 1.165) is 37.3 Å². The van der Waals surface area contributed by atoms with Gasteiger partial charge in [-0.05, 0) is 69.4 Å². The average molecular weight is 390 g/mol. The van der Waals surface area contributed by atoms with Crippen molar-refractivity contribution in [2.24, 2.45) is 17.3 Å². The molecule has 1 aliphatic heterocycles. The van der Waals surface area contributed by atoms with Gasteiger partial charge in [-0.25, -0.2) is 0 Å². The van der Waals surface area contributed by atoms with Crippen molar-refractivity contribution in [3.05, 3.63) is 23.0 Å². The van der Waals surface area contributed by atoms with E-state index in [1.165, 1.54) is 25.0 Å².